The van der Waals surface area contributed by atoms with Crippen LogP contribution in [0.3, 0.4) is 0 Å². The maximum Gasteiger partial charge on any atom is 0.321 e. The number of carbonyl (C=O) groups excluding carboxylic acids is 3. The molecule has 2 atom stereocenters. The number of para-hydroxylation sites is 1. The Balaban J connectivity index is 0.00000336. The Hall–Kier alpha value is -4.01. The lowest BCUT2D eigenvalue weighted by Crippen LogP contribution is -2.51. The molecule has 5 rings (SSSR count). The summed E-state index contributed by atoms with van der Waals surface area (Å²) < 4.78 is 0. The number of aryl methyl sites for hydroxylation is 1. The standard InChI is InChI=1S/C29H29N5O3.ClH/c1-19-9-7-12-21(17-19)31-29(37)33-27-28(36)34(18-25(35)23-14-8-16-30-23)24-15-6-5-13-22(24)26(32-27)20-10-3-2-4-11-20;/h2-7,9-13,15,17,23,27,30H,8,14,16,18H2,1H3,(H2,31,33,37);1H/t23-,27+;/m1./s1. The van der Waals surface area contributed by atoms with Crippen molar-refractivity contribution in [2.45, 2.75) is 32.0 Å². The molecule has 0 unspecified atom stereocenters. The van der Waals surface area contributed by atoms with Crippen LogP contribution in [0, 0.1) is 6.92 Å². The third-order valence-electron chi connectivity index (χ3n) is 6.56. The quantitative estimate of drug-likeness (QED) is 0.446. The van der Waals surface area contributed by atoms with Gasteiger partial charge >= 0.3 is 6.03 Å². The van der Waals surface area contributed by atoms with Crippen molar-refractivity contribution in [2.75, 3.05) is 23.3 Å². The van der Waals surface area contributed by atoms with Crippen molar-refractivity contribution in [3.63, 3.8) is 0 Å². The summed E-state index contributed by atoms with van der Waals surface area (Å²) in [5, 5.41) is 8.72. The van der Waals surface area contributed by atoms with Gasteiger partial charge < -0.3 is 20.9 Å². The molecule has 0 spiro atoms. The second-order valence-electron chi connectivity index (χ2n) is 9.27. The number of Topliss-reactive ketones (excluding diaryl/α,β-unsaturated/α-hetero) is 1. The number of amides is 3. The van der Waals surface area contributed by atoms with Crippen LogP contribution in [0.15, 0.2) is 83.9 Å². The number of nitrogens with zero attached hydrogens (tertiary/aromatic N) is 2. The number of rotatable bonds is 6. The largest absolute Gasteiger partial charge is 0.321 e. The second kappa shape index (κ2) is 12.0. The first-order valence-electron chi connectivity index (χ1n) is 12.4. The monoisotopic (exact) mass is 531 g/mol. The van der Waals surface area contributed by atoms with Gasteiger partial charge in [-0.2, -0.15) is 0 Å². The number of fused-ring (bicyclic) bond motifs is 1. The van der Waals surface area contributed by atoms with Gasteiger partial charge in [0.25, 0.3) is 5.91 Å². The Bertz CT molecular complexity index is 1360. The highest BCUT2D eigenvalue weighted by molar-refractivity contribution is 6.21. The van der Waals surface area contributed by atoms with Gasteiger partial charge in [0.1, 0.15) is 0 Å². The molecule has 3 aromatic rings. The van der Waals surface area contributed by atoms with Crippen molar-refractivity contribution in [3.05, 3.63) is 95.6 Å². The summed E-state index contributed by atoms with van der Waals surface area (Å²) >= 11 is 0. The van der Waals surface area contributed by atoms with Gasteiger partial charge in [-0.15, -0.1) is 12.4 Å². The van der Waals surface area contributed by atoms with Crippen LogP contribution >= 0.6 is 12.4 Å². The van der Waals surface area contributed by atoms with E-state index < -0.39 is 18.1 Å². The van der Waals surface area contributed by atoms with Crippen molar-refractivity contribution in [3.8, 4) is 0 Å². The van der Waals surface area contributed by atoms with E-state index in [1.54, 1.807) is 6.07 Å². The predicted octanol–water partition coefficient (Wildman–Crippen LogP) is 4.07. The average Bonchev–Trinajstić information content (AvgIpc) is 3.42. The highest BCUT2D eigenvalue weighted by Gasteiger charge is 2.35. The average molecular weight is 532 g/mol. The molecule has 0 aliphatic carbocycles. The number of halogens is 1. The third-order valence-corrected chi connectivity index (χ3v) is 6.56. The second-order valence-corrected chi connectivity index (χ2v) is 9.27. The molecule has 1 saturated heterocycles. The van der Waals surface area contributed by atoms with E-state index in [1.165, 1.54) is 4.90 Å². The number of nitrogens with one attached hydrogen (secondary N) is 3. The molecule has 1 fully saturated rings. The third kappa shape index (κ3) is 5.93. The summed E-state index contributed by atoms with van der Waals surface area (Å²) in [5.41, 5.74) is 4.28. The molecule has 0 radical (unpaired) electrons. The van der Waals surface area contributed by atoms with E-state index in [0.29, 0.717) is 17.1 Å². The van der Waals surface area contributed by atoms with Gasteiger partial charge in [0.2, 0.25) is 6.17 Å². The lowest BCUT2D eigenvalue weighted by Gasteiger charge is -2.26. The van der Waals surface area contributed by atoms with Crippen LogP contribution in [0.25, 0.3) is 0 Å². The zero-order valence-electron chi connectivity index (χ0n) is 21.0. The molecule has 0 saturated carbocycles. The molecule has 2 heterocycles. The summed E-state index contributed by atoms with van der Waals surface area (Å²) in [6.07, 6.45) is 0.442. The van der Waals surface area contributed by atoms with Crippen molar-refractivity contribution < 1.29 is 14.4 Å². The summed E-state index contributed by atoms with van der Waals surface area (Å²) in [4.78, 5) is 46.2. The first kappa shape index (κ1) is 27.0. The summed E-state index contributed by atoms with van der Waals surface area (Å²) in [6, 6.07) is 23.5. The van der Waals surface area contributed by atoms with E-state index in [2.05, 4.69) is 16.0 Å². The zero-order chi connectivity index (χ0) is 25.8. The van der Waals surface area contributed by atoms with E-state index in [9.17, 15) is 14.4 Å². The minimum absolute atomic E-state index is 0. The lowest BCUT2D eigenvalue weighted by molar-refractivity contribution is -0.124. The van der Waals surface area contributed by atoms with Gasteiger partial charge in [-0.1, -0.05) is 60.7 Å². The van der Waals surface area contributed by atoms with Gasteiger partial charge in [0.15, 0.2) is 5.78 Å². The highest BCUT2D eigenvalue weighted by atomic mass is 35.5. The van der Waals surface area contributed by atoms with Crippen LogP contribution in [-0.2, 0) is 9.59 Å². The summed E-state index contributed by atoms with van der Waals surface area (Å²) in [5.74, 6) is -0.532. The number of hydrogen-bond donors (Lipinski definition) is 3. The van der Waals surface area contributed by atoms with Crippen molar-refractivity contribution in [1.29, 1.82) is 0 Å². The molecule has 3 amide bonds. The van der Waals surface area contributed by atoms with E-state index in [1.807, 2.05) is 79.7 Å². The highest BCUT2D eigenvalue weighted by Crippen LogP contribution is 2.28. The van der Waals surface area contributed by atoms with Crippen LogP contribution in [0.5, 0.6) is 0 Å². The Morgan fingerprint density at radius 3 is 2.53 bits per heavy atom. The number of hydrogen-bond acceptors (Lipinski definition) is 5. The minimum Gasteiger partial charge on any atom is -0.308 e. The topological polar surface area (TPSA) is 103 Å². The molecule has 0 aromatic heterocycles. The molecule has 2 aliphatic rings. The van der Waals surface area contributed by atoms with Gasteiger partial charge in [0, 0.05) is 16.8 Å². The first-order valence-corrected chi connectivity index (χ1v) is 12.4. The minimum atomic E-state index is -1.23. The molecule has 38 heavy (non-hydrogen) atoms. The normalized spacial score (nSPS) is 18.5. The smallest absolute Gasteiger partial charge is 0.308 e. The van der Waals surface area contributed by atoms with E-state index in [0.717, 1.165) is 36.1 Å². The Morgan fingerprint density at radius 2 is 1.79 bits per heavy atom. The SMILES string of the molecule is Cc1cccc(NC(=O)N[C@@H]2N=C(c3ccccc3)c3ccccc3N(CC(=O)[C@H]3CCCN3)C2=O)c1.Cl. The Kier molecular flexibility index (Phi) is 8.55. The van der Waals surface area contributed by atoms with Crippen molar-refractivity contribution >= 4 is 47.2 Å². The molecule has 196 valence electrons. The maximum atomic E-state index is 13.9. The van der Waals surface area contributed by atoms with Gasteiger partial charge in [-0.25, -0.2) is 9.79 Å². The molecule has 9 heteroatoms. The van der Waals surface area contributed by atoms with Crippen LogP contribution in [0.2, 0.25) is 0 Å². The van der Waals surface area contributed by atoms with Gasteiger partial charge in [-0.05, 0) is 50.1 Å². The zero-order valence-corrected chi connectivity index (χ0v) is 21.8. The fraction of sp³-hybridized carbons (Fsp3) is 0.241. The molecule has 2 aliphatic heterocycles. The number of anilines is 2. The van der Waals surface area contributed by atoms with Gasteiger partial charge in [-0.3, -0.25) is 9.59 Å². The molecule has 8 nitrogen and oxygen atoms in total. The number of aliphatic imine (C=N–C) groups is 1. The fourth-order valence-electron chi connectivity index (χ4n) is 4.75. The number of ketones is 1. The van der Waals surface area contributed by atoms with Crippen molar-refractivity contribution in [1.82, 2.24) is 10.6 Å². The van der Waals surface area contributed by atoms with E-state index in [4.69, 9.17) is 4.99 Å². The molecular formula is C29H30ClN5O3. The lowest BCUT2D eigenvalue weighted by atomic mass is 10.00. The molecule has 0 bridgehead atoms. The fourth-order valence-corrected chi connectivity index (χ4v) is 4.75. The van der Waals surface area contributed by atoms with Crippen molar-refractivity contribution in [2.24, 2.45) is 4.99 Å². The molecule has 3 N–H and O–H groups in total. The molecule has 3 aromatic carbocycles. The summed E-state index contributed by atoms with van der Waals surface area (Å²) in [7, 11) is 0. The van der Waals surface area contributed by atoms with Gasteiger partial charge in [0.05, 0.1) is 24.0 Å². The van der Waals surface area contributed by atoms with Crippen LogP contribution in [-0.4, -0.2) is 48.7 Å². The number of urea groups is 1. The van der Waals surface area contributed by atoms with E-state index in [-0.39, 0.29) is 30.8 Å². The Labute approximate surface area is 227 Å². The number of benzodiazepines with no additional fused rings is 1. The van der Waals surface area contributed by atoms with Crippen LogP contribution in [0.4, 0.5) is 16.2 Å². The van der Waals surface area contributed by atoms with E-state index >= 15 is 0 Å². The maximum absolute atomic E-state index is 13.9. The molecular weight excluding hydrogens is 502 g/mol. The Morgan fingerprint density at radius 1 is 1.03 bits per heavy atom. The van der Waals surface area contributed by atoms with Crippen LogP contribution in [0.1, 0.15) is 29.5 Å². The van der Waals surface area contributed by atoms with Crippen LogP contribution < -0.4 is 20.9 Å². The number of carbonyl (C=O) groups is 3. The number of benzene rings is 3. The predicted molar refractivity (Wildman–Crippen MR) is 151 cm³/mol. The summed E-state index contributed by atoms with van der Waals surface area (Å²) in [6.45, 7) is 2.61. The first-order chi connectivity index (χ1) is 18.0.